The van der Waals surface area contributed by atoms with E-state index in [1.165, 1.54) is 28.8 Å². The molecule has 2 aliphatic heterocycles. The van der Waals surface area contributed by atoms with Gasteiger partial charge < -0.3 is 15.1 Å². The second-order valence-corrected chi connectivity index (χ2v) is 8.82. The SMILES string of the molecule is C[C@@H](O)[C@H]1C(=O)N2C(C(=O)O)=C(c3cn4cnc(C(=O)c5cccnc5)c4s3)[C@H](C)[C@H]12. The van der Waals surface area contributed by atoms with E-state index >= 15 is 0 Å². The maximum absolute atomic E-state index is 12.9. The largest absolute Gasteiger partial charge is 0.477 e. The fraction of sp³-hybridized carbons (Fsp3) is 0.286. The predicted molar refractivity (Wildman–Crippen MR) is 110 cm³/mol. The van der Waals surface area contributed by atoms with Crippen LogP contribution >= 0.6 is 11.3 Å². The highest BCUT2D eigenvalue weighted by Gasteiger charge is 2.60. The van der Waals surface area contributed by atoms with Gasteiger partial charge in [-0.1, -0.05) is 6.92 Å². The number of aliphatic carboxylic acids is 1. The van der Waals surface area contributed by atoms with Crippen LogP contribution in [0, 0.1) is 11.8 Å². The lowest BCUT2D eigenvalue weighted by Gasteiger charge is -2.46. The van der Waals surface area contributed by atoms with Crippen LogP contribution in [0.15, 0.2) is 42.7 Å². The number of aliphatic hydroxyl groups is 1. The smallest absolute Gasteiger partial charge is 0.352 e. The molecule has 1 amide bonds. The van der Waals surface area contributed by atoms with Crippen molar-refractivity contribution in [2.75, 3.05) is 0 Å². The number of rotatable bonds is 5. The van der Waals surface area contributed by atoms with Crippen molar-refractivity contribution < 1.29 is 24.6 Å². The number of ketones is 1. The van der Waals surface area contributed by atoms with Crippen molar-refractivity contribution in [3.05, 3.63) is 58.9 Å². The zero-order valence-electron chi connectivity index (χ0n) is 16.6. The van der Waals surface area contributed by atoms with Gasteiger partial charge in [0.25, 0.3) is 0 Å². The minimum Gasteiger partial charge on any atom is -0.477 e. The second-order valence-electron chi connectivity index (χ2n) is 7.79. The van der Waals surface area contributed by atoms with Crippen molar-refractivity contribution in [2.24, 2.45) is 11.8 Å². The number of imidazole rings is 1. The Kier molecular flexibility index (Phi) is 4.31. The van der Waals surface area contributed by atoms with Crippen molar-refractivity contribution in [3.8, 4) is 0 Å². The zero-order chi connectivity index (χ0) is 22.0. The van der Waals surface area contributed by atoms with Crippen LogP contribution in [-0.2, 0) is 9.59 Å². The van der Waals surface area contributed by atoms with E-state index < -0.39 is 24.0 Å². The van der Waals surface area contributed by atoms with Gasteiger partial charge in [-0.2, -0.15) is 0 Å². The number of β-lactam (4-membered cyclic amide) rings is 1. The Morgan fingerprint density at radius 2 is 2.10 bits per heavy atom. The molecule has 0 aromatic carbocycles. The van der Waals surface area contributed by atoms with Crippen molar-refractivity contribution in [2.45, 2.75) is 26.0 Å². The van der Waals surface area contributed by atoms with Crippen molar-refractivity contribution in [1.82, 2.24) is 19.3 Å². The normalized spacial score (nSPS) is 23.8. The third kappa shape index (κ3) is 2.68. The number of fused-ring (bicyclic) bond motifs is 2. The molecule has 2 aliphatic rings. The molecule has 31 heavy (non-hydrogen) atoms. The molecular weight excluding hydrogens is 420 g/mol. The topological polar surface area (TPSA) is 125 Å². The number of amides is 1. The number of thiazole rings is 1. The maximum Gasteiger partial charge on any atom is 0.352 e. The van der Waals surface area contributed by atoms with Crippen LogP contribution in [0.4, 0.5) is 0 Å². The van der Waals surface area contributed by atoms with Crippen LogP contribution < -0.4 is 0 Å². The fourth-order valence-electron chi connectivity index (χ4n) is 4.61. The Bertz CT molecular complexity index is 1280. The number of nitrogens with zero attached hydrogens (tertiary/aromatic N) is 4. The van der Waals surface area contributed by atoms with Crippen molar-refractivity contribution in [1.29, 1.82) is 0 Å². The molecule has 9 nitrogen and oxygen atoms in total. The minimum absolute atomic E-state index is 0.0583. The van der Waals surface area contributed by atoms with Crippen LogP contribution in [0.3, 0.4) is 0 Å². The summed E-state index contributed by atoms with van der Waals surface area (Å²) in [7, 11) is 0. The number of carbonyl (C=O) groups is 3. The van der Waals surface area contributed by atoms with Gasteiger partial charge in [-0.05, 0) is 19.1 Å². The number of hydrogen-bond donors (Lipinski definition) is 2. The number of aromatic nitrogens is 3. The first-order valence-electron chi connectivity index (χ1n) is 9.71. The molecular formula is C21H18N4O5S. The van der Waals surface area contributed by atoms with Crippen molar-refractivity contribution >= 4 is 39.4 Å². The predicted octanol–water partition coefficient (Wildman–Crippen LogP) is 1.67. The Hall–Kier alpha value is -3.37. The van der Waals surface area contributed by atoms with Gasteiger partial charge in [0, 0.05) is 35.6 Å². The number of carboxylic acid groups (broad SMARTS) is 1. The number of aliphatic hydroxyl groups excluding tert-OH is 1. The van der Waals surface area contributed by atoms with Gasteiger partial charge >= 0.3 is 5.97 Å². The molecule has 5 rings (SSSR count). The van der Waals surface area contributed by atoms with Crippen LogP contribution in [0.2, 0.25) is 0 Å². The highest BCUT2D eigenvalue weighted by atomic mass is 32.1. The van der Waals surface area contributed by atoms with E-state index in [0.717, 1.165) is 0 Å². The quantitative estimate of drug-likeness (QED) is 0.459. The molecule has 5 heterocycles. The van der Waals surface area contributed by atoms with E-state index in [1.54, 1.807) is 35.9 Å². The molecule has 158 valence electrons. The summed E-state index contributed by atoms with van der Waals surface area (Å²) in [5, 5.41) is 19.9. The van der Waals surface area contributed by atoms with E-state index in [9.17, 15) is 24.6 Å². The standard InChI is InChI=1S/C21H18N4O5S/c1-9-13(17(21(29)30)25-16(9)14(10(2)26)19(25)28)12-7-24-8-23-15(20(24)31-12)18(27)11-4-3-5-22-6-11/h3-10,14,16,26H,1-2H3,(H,29,30)/t9-,10+,14+,16+/m0/s1. The van der Waals surface area contributed by atoms with Crippen molar-refractivity contribution in [3.63, 3.8) is 0 Å². The first kappa shape index (κ1) is 19.6. The number of pyridine rings is 1. The summed E-state index contributed by atoms with van der Waals surface area (Å²) in [5.41, 5.74) is 1.14. The van der Waals surface area contributed by atoms with Gasteiger partial charge in [0.2, 0.25) is 11.7 Å². The molecule has 10 heteroatoms. The van der Waals surface area contributed by atoms with Crippen LogP contribution in [0.1, 0.15) is 34.8 Å². The van der Waals surface area contributed by atoms with Gasteiger partial charge in [0.05, 0.1) is 22.9 Å². The lowest BCUT2D eigenvalue weighted by Crippen LogP contribution is -2.63. The van der Waals surface area contributed by atoms with E-state index in [0.29, 0.717) is 20.8 Å². The van der Waals surface area contributed by atoms with Gasteiger partial charge in [-0.3, -0.25) is 19.0 Å². The Balaban J connectivity index is 1.60. The first-order valence-corrected chi connectivity index (χ1v) is 10.5. The van der Waals surface area contributed by atoms with Gasteiger partial charge in [-0.25, -0.2) is 9.78 Å². The Morgan fingerprint density at radius 3 is 2.74 bits per heavy atom. The molecule has 0 saturated carbocycles. The lowest BCUT2D eigenvalue weighted by atomic mass is 9.77. The molecule has 0 aliphatic carbocycles. The third-order valence-electron chi connectivity index (χ3n) is 5.99. The summed E-state index contributed by atoms with van der Waals surface area (Å²) in [4.78, 5) is 48.2. The minimum atomic E-state index is -1.19. The summed E-state index contributed by atoms with van der Waals surface area (Å²) >= 11 is 1.26. The molecule has 2 N–H and O–H groups in total. The van der Waals surface area contributed by atoms with Gasteiger partial charge in [0.15, 0.2) is 0 Å². The maximum atomic E-state index is 12.9. The second kappa shape index (κ2) is 6.82. The van der Waals surface area contributed by atoms with E-state index in [-0.39, 0.29) is 29.0 Å². The van der Waals surface area contributed by atoms with Gasteiger partial charge in [0.1, 0.15) is 22.5 Å². The highest BCUT2D eigenvalue weighted by molar-refractivity contribution is 7.18. The molecule has 1 fully saturated rings. The van der Waals surface area contributed by atoms with Crippen LogP contribution in [0.25, 0.3) is 10.4 Å². The first-order chi connectivity index (χ1) is 14.8. The fourth-order valence-corrected chi connectivity index (χ4v) is 5.82. The molecule has 0 bridgehead atoms. The number of carboxylic acids is 1. The number of hydrogen-bond acceptors (Lipinski definition) is 7. The van der Waals surface area contributed by atoms with Crippen LogP contribution in [-0.4, -0.2) is 59.3 Å². The summed E-state index contributed by atoms with van der Waals surface area (Å²) in [6, 6.07) is 2.93. The Labute approximate surface area is 180 Å². The molecule has 4 atom stereocenters. The molecule has 1 saturated heterocycles. The monoisotopic (exact) mass is 438 g/mol. The average molecular weight is 438 g/mol. The average Bonchev–Trinajstić information content (AvgIpc) is 3.37. The zero-order valence-corrected chi connectivity index (χ0v) is 17.4. The molecule has 3 aromatic rings. The summed E-state index contributed by atoms with van der Waals surface area (Å²) in [6.07, 6.45) is 5.43. The molecule has 0 unspecified atom stereocenters. The highest BCUT2D eigenvalue weighted by Crippen LogP contribution is 2.51. The van der Waals surface area contributed by atoms with Gasteiger partial charge in [-0.15, -0.1) is 11.3 Å². The molecule has 0 spiro atoms. The van der Waals surface area contributed by atoms with Crippen LogP contribution in [0.5, 0.6) is 0 Å². The number of carbonyl (C=O) groups excluding carboxylic acids is 2. The van der Waals surface area contributed by atoms with E-state index in [1.807, 2.05) is 6.92 Å². The summed E-state index contributed by atoms with van der Waals surface area (Å²) < 4.78 is 1.69. The third-order valence-corrected chi connectivity index (χ3v) is 7.13. The van der Waals surface area contributed by atoms with E-state index in [4.69, 9.17) is 0 Å². The summed E-state index contributed by atoms with van der Waals surface area (Å²) in [5.74, 6) is -2.75. The summed E-state index contributed by atoms with van der Waals surface area (Å²) in [6.45, 7) is 3.40. The Morgan fingerprint density at radius 1 is 1.32 bits per heavy atom. The molecule has 0 radical (unpaired) electrons. The lowest BCUT2D eigenvalue weighted by molar-refractivity contribution is -0.163. The molecule has 3 aromatic heterocycles. The van der Waals surface area contributed by atoms with E-state index in [2.05, 4.69) is 9.97 Å².